The molecule has 0 amide bonds. The van der Waals surface area contributed by atoms with Gasteiger partial charge >= 0.3 is 76.2 Å². The zero-order valence-corrected chi connectivity index (χ0v) is 13.1. The molecule has 0 bridgehead atoms. The van der Waals surface area contributed by atoms with Crippen LogP contribution in [0.3, 0.4) is 0 Å². The fraction of sp³-hybridized carbons (Fsp3) is 0. The van der Waals surface area contributed by atoms with E-state index in [1.54, 1.807) is 0 Å². The van der Waals surface area contributed by atoms with Gasteiger partial charge in [0, 0.05) is 13.6 Å². The van der Waals surface area contributed by atoms with Gasteiger partial charge in [-0.25, -0.2) is 0 Å². The molecule has 0 saturated heterocycles. The Balaban J connectivity index is -0.00000000200. The van der Waals surface area contributed by atoms with Gasteiger partial charge in [-0.3, -0.25) is 0 Å². The Morgan fingerprint density at radius 2 is 1.33 bits per heavy atom. The third-order valence-corrected chi connectivity index (χ3v) is 0. The fourth-order valence-electron chi connectivity index (χ4n) is 0. The van der Waals surface area contributed by atoms with Crippen molar-refractivity contribution in [2.75, 3.05) is 0 Å². The van der Waals surface area contributed by atoms with Gasteiger partial charge in [-0.2, -0.15) is 0 Å². The predicted molar refractivity (Wildman–Crippen MR) is 25.6 cm³/mol. The minimum atomic E-state index is 0. The van der Waals surface area contributed by atoms with Gasteiger partial charge in [0.25, 0.3) is 0 Å². The zero-order chi connectivity index (χ0) is 2.71. The summed E-state index contributed by atoms with van der Waals surface area (Å²) in [6.07, 6.45) is 0. The van der Waals surface area contributed by atoms with Crippen LogP contribution in [0.2, 0.25) is 0 Å². The van der Waals surface area contributed by atoms with Crippen molar-refractivity contribution >= 4 is 84.6 Å². The van der Waals surface area contributed by atoms with E-state index in [2.05, 4.69) is 0 Å². The molecular weight excluding hydrogens is 409 g/mol. The molecule has 0 rings (SSSR count). The number of halogens is 2. The second kappa shape index (κ2) is 26.3. The Morgan fingerprint density at radius 1 is 1.33 bits per heavy atom. The van der Waals surface area contributed by atoms with E-state index in [-0.39, 0.29) is 87.4 Å². The average Bonchev–Trinajstić information content (AvgIpc) is 0.918. The van der Waals surface area contributed by atoms with Crippen LogP contribution in [0.5, 0.6) is 0 Å². The first kappa shape index (κ1) is 23.8. The van der Waals surface area contributed by atoms with Gasteiger partial charge in [-0.05, 0) is 9.05 Å². The quantitative estimate of drug-likeness (QED) is 0.479. The Kier molecular flexibility index (Phi) is 104. The third kappa shape index (κ3) is 32.6. The van der Waals surface area contributed by atoms with Gasteiger partial charge in [-0.15, -0.1) is 0 Å². The first-order valence-corrected chi connectivity index (χ1v) is 0.309. The van der Waals surface area contributed by atoms with E-state index in [4.69, 9.17) is 9.05 Å². The molecule has 0 aromatic heterocycles. The maximum absolute atomic E-state index is 9.12. The number of hydrogen-bond acceptors (Lipinski definition) is 1. The van der Waals surface area contributed by atoms with Crippen LogP contribution in [0.4, 0.5) is 9.05 Å². The Bertz CT molecular complexity index is 20.0. The summed E-state index contributed by atoms with van der Waals surface area (Å²) in [5.74, 6) is 0. The molecular formula is H4BBaF2OPb. The second-order valence-electron chi connectivity index (χ2n) is 0.0583. The monoisotopic (exact) mass is 415 g/mol. The molecule has 0 saturated carbocycles. The van der Waals surface area contributed by atoms with Crippen molar-refractivity contribution in [2.45, 2.75) is 0 Å². The van der Waals surface area contributed by atoms with Crippen LogP contribution < -0.4 is 0 Å². The molecule has 0 aliphatic heterocycles. The van der Waals surface area contributed by atoms with E-state index in [1.165, 1.54) is 5.15 Å². The molecule has 0 aliphatic carbocycles. The van der Waals surface area contributed by atoms with Crippen molar-refractivity contribution < 1.29 is 17.1 Å². The standard InChI is InChI=1S/B.Ba.F2O.Pb.4H/c;;1-3-2;;;;;/q;+2;;;;;2*-1. The van der Waals surface area contributed by atoms with Crippen LogP contribution >= 0.6 is 0 Å². The summed E-state index contributed by atoms with van der Waals surface area (Å²) in [6, 6.07) is 0. The first-order valence-electron chi connectivity index (χ1n) is 0.309. The Labute approximate surface area is 99.8 Å². The van der Waals surface area contributed by atoms with E-state index in [0.29, 0.717) is 0 Å². The van der Waals surface area contributed by atoms with Crippen molar-refractivity contribution in [3.63, 3.8) is 0 Å². The molecule has 0 fully saturated rings. The van der Waals surface area contributed by atoms with Crippen molar-refractivity contribution in [1.29, 1.82) is 0 Å². The topological polar surface area (TPSA) is 9.23 Å². The summed E-state index contributed by atoms with van der Waals surface area (Å²) in [4.78, 5) is 0. The van der Waals surface area contributed by atoms with Crippen LogP contribution in [-0.2, 0) is 5.15 Å². The summed E-state index contributed by atoms with van der Waals surface area (Å²) in [6.45, 7) is 0. The van der Waals surface area contributed by atoms with E-state index in [1.807, 2.05) is 0 Å². The molecule has 0 atom stereocenters. The third-order valence-electron chi connectivity index (χ3n) is 0. The first-order chi connectivity index (χ1) is 1.41. The Morgan fingerprint density at radius 3 is 1.33 bits per heavy atom. The molecule has 6 heavy (non-hydrogen) atoms. The van der Waals surface area contributed by atoms with Crippen molar-refractivity contribution in [3.8, 4) is 0 Å². The SMILES string of the molecule is FOF.[B].[Ba+2].[H-].[H-].[PbH2]. The molecule has 0 N–H and O–H groups in total. The Hall–Kier alpha value is 2.38. The summed E-state index contributed by atoms with van der Waals surface area (Å²) < 4.78 is 18.2. The summed E-state index contributed by atoms with van der Waals surface area (Å²) in [5, 5.41) is 1.25. The summed E-state index contributed by atoms with van der Waals surface area (Å²) in [7, 11) is 0. The summed E-state index contributed by atoms with van der Waals surface area (Å²) in [5.41, 5.74) is 0. The van der Waals surface area contributed by atoms with Gasteiger partial charge in [0.05, 0.1) is 0 Å². The van der Waals surface area contributed by atoms with Crippen LogP contribution in [0, 0.1) is 0 Å². The van der Waals surface area contributed by atoms with Gasteiger partial charge in [0.15, 0.2) is 0 Å². The van der Waals surface area contributed by atoms with Crippen LogP contribution in [0.25, 0.3) is 0 Å². The molecule has 6 heteroatoms. The molecule has 0 aromatic rings. The van der Waals surface area contributed by atoms with Crippen LogP contribution in [-0.4, -0.2) is 84.6 Å². The van der Waals surface area contributed by atoms with Crippen molar-refractivity contribution in [3.05, 3.63) is 0 Å². The zero-order valence-electron chi connectivity index (χ0n) is 5.16. The summed E-state index contributed by atoms with van der Waals surface area (Å²) >= 11 is 0. The fourth-order valence-corrected chi connectivity index (χ4v) is 0. The van der Waals surface area contributed by atoms with E-state index in [9.17, 15) is 0 Å². The number of rotatable bonds is 0. The number of hydrogen-bond donors (Lipinski definition) is 0. The van der Waals surface area contributed by atoms with E-state index < -0.39 is 0 Å². The molecule has 5 radical (unpaired) electrons. The normalized spacial score (nSPS) is 3.00. The van der Waals surface area contributed by atoms with Gasteiger partial charge in [-0.1, -0.05) is 0 Å². The molecule has 0 heterocycles. The second-order valence-corrected chi connectivity index (χ2v) is 0.0583. The van der Waals surface area contributed by atoms with Gasteiger partial charge in [0.2, 0.25) is 0 Å². The predicted octanol–water partition coefficient (Wildman–Crippen LogP) is -0.681. The van der Waals surface area contributed by atoms with Crippen LogP contribution in [0.1, 0.15) is 2.85 Å². The van der Waals surface area contributed by atoms with E-state index >= 15 is 0 Å². The molecule has 0 aromatic carbocycles. The van der Waals surface area contributed by atoms with Crippen molar-refractivity contribution in [1.82, 2.24) is 0 Å². The molecule has 1 nitrogen and oxygen atoms in total. The molecule has 0 spiro atoms. The maximum atomic E-state index is 9.12. The molecule has 0 unspecified atom stereocenters. The molecule has 0 aliphatic rings. The van der Waals surface area contributed by atoms with Gasteiger partial charge < -0.3 is 2.85 Å². The van der Waals surface area contributed by atoms with E-state index in [0.717, 1.165) is 0 Å². The van der Waals surface area contributed by atoms with Crippen molar-refractivity contribution in [2.24, 2.45) is 0 Å². The molecule has 33 valence electrons. The van der Waals surface area contributed by atoms with Gasteiger partial charge in [0.1, 0.15) is 0 Å². The minimum absolute atomic E-state index is 0. The average molecular weight is 413 g/mol. The van der Waals surface area contributed by atoms with Crippen LogP contribution in [0.15, 0.2) is 0 Å².